The third-order valence-corrected chi connectivity index (χ3v) is 3.28. The van der Waals surface area contributed by atoms with Crippen molar-refractivity contribution < 1.29 is 13.6 Å². The van der Waals surface area contributed by atoms with Crippen molar-refractivity contribution >= 4 is 11.6 Å². The van der Waals surface area contributed by atoms with Gasteiger partial charge in [-0.25, -0.2) is 8.78 Å². The second kappa shape index (κ2) is 5.91. The monoisotopic (exact) mass is 290 g/mol. The highest BCUT2D eigenvalue weighted by molar-refractivity contribution is 5.94. The molecule has 2 aromatic carbocycles. The molecule has 0 aliphatic carbocycles. The molecular formula is C16H16F2N2O. The number of rotatable bonds is 3. The van der Waals surface area contributed by atoms with Gasteiger partial charge in [-0.15, -0.1) is 0 Å². The zero-order chi connectivity index (χ0) is 15.6. The van der Waals surface area contributed by atoms with Crippen molar-refractivity contribution in [2.75, 3.05) is 5.73 Å². The maximum atomic E-state index is 13.7. The van der Waals surface area contributed by atoms with Crippen LogP contribution in [0, 0.1) is 18.6 Å². The highest BCUT2D eigenvalue weighted by atomic mass is 19.1. The summed E-state index contributed by atoms with van der Waals surface area (Å²) < 4.78 is 26.9. The molecule has 110 valence electrons. The number of carbonyl (C=O) groups excluding carboxylic acids is 1. The highest BCUT2D eigenvalue weighted by Gasteiger charge is 2.17. The van der Waals surface area contributed by atoms with Crippen LogP contribution in [0.3, 0.4) is 0 Å². The summed E-state index contributed by atoms with van der Waals surface area (Å²) in [6, 6.07) is 8.62. The Bertz CT molecular complexity index is 669. The molecule has 1 amide bonds. The lowest BCUT2D eigenvalue weighted by molar-refractivity contribution is 0.0935. The summed E-state index contributed by atoms with van der Waals surface area (Å²) in [7, 11) is 0. The fourth-order valence-corrected chi connectivity index (χ4v) is 1.97. The topological polar surface area (TPSA) is 55.1 Å². The van der Waals surface area contributed by atoms with Gasteiger partial charge >= 0.3 is 0 Å². The zero-order valence-corrected chi connectivity index (χ0v) is 11.8. The van der Waals surface area contributed by atoms with E-state index in [9.17, 15) is 13.6 Å². The predicted octanol–water partition coefficient (Wildman–Crippen LogP) is 3.35. The number of benzene rings is 2. The van der Waals surface area contributed by atoms with E-state index in [-0.39, 0.29) is 17.2 Å². The van der Waals surface area contributed by atoms with Gasteiger partial charge in [0, 0.05) is 11.8 Å². The Morgan fingerprint density at radius 1 is 1.14 bits per heavy atom. The molecule has 0 fully saturated rings. The Labute approximate surface area is 121 Å². The normalized spacial score (nSPS) is 12.0. The summed E-state index contributed by atoms with van der Waals surface area (Å²) in [4.78, 5) is 12.1. The third kappa shape index (κ3) is 3.37. The Kier molecular flexibility index (Phi) is 4.21. The van der Waals surface area contributed by atoms with Crippen molar-refractivity contribution in [2.45, 2.75) is 19.9 Å². The number of aryl methyl sites for hydroxylation is 1. The minimum atomic E-state index is -0.875. The summed E-state index contributed by atoms with van der Waals surface area (Å²) in [6.07, 6.45) is 0. The lowest BCUT2D eigenvalue weighted by Crippen LogP contribution is -2.27. The highest BCUT2D eigenvalue weighted by Crippen LogP contribution is 2.18. The van der Waals surface area contributed by atoms with E-state index in [1.165, 1.54) is 13.0 Å². The van der Waals surface area contributed by atoms with Crippen molar-refractivity contribution in [3.8, 4) is 0 Å². The number of nitrogen functional groups attached to an aromatic ring is 1. The second-order valence-electron chi connectivity index (χ2n) is 4.94. The third-order valence-electron chi connectivity index (χ3n) is 3.28. The molecule has 0 saturated carbocycles. The summed E-state index contributed by atoms with van der Waals surface area (Å²) in [5.74, 6) is -2.13. The largest absolute Gasteiger partial charge is 0.399 e. The first-order valence-electron chi connectivity index (χ1n) is 6.50. The Morgan fingerprint density at radius 2 is 1.76 bits per heavy atom. The van der Waals surface area contributed by atoms with Crippen molar-refractivity contribution in [2.24, 2.45) is 0 Å². The molecule has 2 rings (SSSR count). The Hall–Kier alpha value is -2.43. The standard InChI is InChI=1S/C16H16F2N2O/c1-9-7-13(15(18)8-14(9)17)16(21)20-10(2)11-3-5-12(19)6-4-11/h3-8,10H,19H2,1-2H3,(H,20,21). The Balaban J connectivity index is 2.18. The maximum Gasteiger partial charge on any atom is 0.254 e. The number of amides is 1. The van der Waals surface area contributed by atoms with E-state index in [0.29, 0.717) is 5.69 Å². The van der Waals surface area contributed by atoms with E-state index in [1.807, 2.05) is 0 Å². The number of hydrogen-bond acceptors (Lipinski definition) is 2. The fourth-order valence-electron chi connectivity index (χ4n) is 1.97. The van der Waals surface area contributed by atoms with Gasteiger partial charge in [-0.3, -0.25) is 4.79 Å². The predicted molar refractivity (Wildman–Crippen MR) is 77.8 cm³/mol. The molecule has 2 aromatic rings. The minimum absolute atomic E-state index is 0.170. The number of halogens is 2. The first-order valence-corrected chi connectivity index (χ1v) is 6.50. The van der Waals surface area contributed by atoms with E-state index < -0.39 is 17.5 Å². The number of nitrogens with two attached hydrogens (primary N) is 1. The summed E-state index contributed by atoms with van der Waals surface area (Å²) in [5.41, 5.74) is 7.12. The second-order valence-corrected chi connectivity index (χ2v) is 4.94. The van der Waals surface area contributed by atoms with Crippen LogP contribution in [0.15, 0.2) is 36.4 Å². The van der Waals surface area contributed by atoms with Gasteiger partial charge < -0.3 is 11.1 Å². The van der Waals surface area contributed by atoms with E-state index in [2.05, 4.69) is 5.32 Å². The smallest absolute Gasteiger partial charge is 0.254 e. The van der Waals surface area contributed by atoms with Gasteiger partial charge in [-0.05, 0) is 43.2 Å². The van der Waals surface area contributed by atoms with Crippen LogP contribution in [0.25, 0.3) is 0 Å². The average molecular weight is 290 g/mol. The molecule has 0 radical (unpaired) electrons. The first kappa shape index (κ1) is 15.0. The molecule has 21 heavy (non-hydrogen) atoms. The molecule has 3 nitrogen and oxygen atoms in total. The molecule has 1 unspecified atom stereocenters. The van der Waals surface area contributed by atoms with Gasteiger partial charge in [0.25, 0.3) is 5.91 Å². The van der Waals surface area contributed by atoms with Gasteiger partial charge in [0.15, 0.2) is 0 Å². The number of carbonyl (C=O) groups is 1. The van der Waals surface area contributed by atoms with E-state index in [1.54, 1.807) is 31.2 Å². The molecular weight excluding hydrogens is 274 g/mol. The molecule has 3 N–H and O–H groups in total. The van der Waals surface area contributed by atoms with Crippen molar-refractivity contribution in [1.82, 2.24) is 5.32 Å². The first-order chi connectivity index (χ1) is 9.88. The van der Waals surface area contributed by atoms with Crippen molar-refractivity contribution in [1.29, 1.82) is 0 Å². The van der Waals surface area contributed by atoms with Gasteiger partial charge in [0.2, 0.25) is 0 Å². The number of nitrogens with one attached hydrogen (secondary N) is 1. The van der Waals surface area contributed by atoms with Crippen LogP contribution in [-0.4, -0.2) is 5.91 Å². The number of anilines is 1. The van der Waals surface area contributed by atoms with Gasteiger partial charge in [-0.2, -0.15) is 0 Å². The van der Waals surface area contributed by atoms with Crippen LogP contribution >= 0.6 is 0 Å². The molecule has 0 heterocycles. The van der Waals surface area contributed by atoms with Crippen molar-refractivity contribution in [3.63, 3.8) is 0 Å². The molecule has 0 saturated heterocycles. The lowest BCUT2D eigenvalue weighted by atomic mass is 10.1. The van der Waals surface area contributed by atoms with E-state index >= 15 is 0 Å². The fraction of sp³-hybridized carbons (Fsp3) is 0.188. The van der Waals surface area contributed by atoms with Crippen molar-refractivity contribution in [3.05, 3.63) is 64.7 Å². The van der Waals surface area contributed by atoms with Gasteiger partial charge in [0.05, 0.1) is 11.6 Å². The van der Waals surface area contributed by atoms with Gasteiger partial charge in [0.1, 0.15) is 11.6 Å². The molecule has 0 aliphatic heterocycles. The summed E-state index contributed by atoms with van der Waals surface area (Å²) >= 11 is 0. The molecule has 5 heteroatoms. The van der Waals surface area contributed by atoms with Crippen LogP contribution in [0.4, 0.5) is 14.5 Å². The average Bonchev–Trinajstić information content (AvgIpc) is 2.43. The summed E-state index contributed by atoms with van der Waals surface area (Å²) in [5, 5.41) is 2.68. The molecule has 0 bridgehead atoms. The van der Waals surface area contributed by atoms with Crippen LogP contribution in [0.2, 0.25) is 0 Å². The zero-order valence-electron chi connectivity index (χ0n) is 11.8. The van der Waals surface area contributed by atoms with Gasteiger partial charge in [-0.1, -0.05) is 12.1 Å². The van der Waals surface area contributed by atoms with Crippen LogP contribution in [-0.2, 0) is 0 Å². The molecule has 1 atom stereocenters. The molecule has 0 aromatic heterocycles. The van der Waals surface area contributed by atoms with E-state index in [0.717, 1.165) is 11.6 Å². The van der Waals surface area contributed by atoms with Crippen LogP contribution in [0.5, 0.6) is 0 Å². The minimum Gasteiger partial charge on any atom is -0.399 e. The SMILES string of the molecule is Cc1cc(C(=O)NC(C)c2ccc(N)cc2)c(F)cc1F. The quantitative estimate of drug-likeness (QED) is 0.852. The number of hydrogen-bond donors (Lipinski definition) is 2. The lowest BCUT2D eigenvalue weighted by Gasteiger charge is -2.15. The maximum absolute atomic E-state index is 13.7. The van der Waals surface area contributed by atoms with Crippen LogP contribution in [0.1, 0.15) is 34.5 Å². The summed E-state index contributed by atoms with van der Waals surface area (Å²) in [6.45, 7) is 3.26. The molecule has 0 spiro atoms. The van der Waals surface area contributed by atoms with E-state index in [4.69, 9.17) is 5.73 Å². The van der Waals surface area contributed by atoms with Crippen LogP contribution < -0.4 is 11.1 Å². The molecule has 0 aliphatic rings. The Morgan fingerprint density at radius 3 is 2.38 bits per heavy atom.